The minimum absolute atomic E-state index is 0.323. The van der Waals surface area contributed by atoms with Crippen molar-refractivity contribution in [3.05, 3.63) is 82.5 Å². The van der Waals surface area contributed by atoms with Crippen LogP contribution in [0.2, 0.25) is 0 Å². The molecule has 0 aliphatic heterocycles. The van der Waals surface area contributed by atoms with Crippen LogP contribution in [0.4, 0.5) is 0 Å². The smallest absolute Gasteiger partial charge is 0.362 e. The summed E-state index contributed by atoms with van der Waals surface area (Å²) in [7, 11) is -4.21. The largest absolute Gasteiger partial charge is 0.508 e. The van der Waals surface area contributed by atoms with Gasteiger partial charge < -0.3 is 19.6 Å². The van der Waals surface area contributed by atoms with Crippen LogP contribution in [0.15, 0.2) is 54.6 Å². The molecular weight excluding hydrogens is 399 g/mol. The van der Waals surface area contributed by atoms with Gasteiger partial charge in [0, 0.05) is 0 Å². The van der Waals surface area contributed by atoms with Gasteiger partial charge >= 0.3 is 7.60 Å². The van der Waals surface area contributed by atoms with Crippen molar-refractivity contribution in [1.82, 2.24) is 0 Å². The first kappa shape index (κ1) is 22.4. The fourth-order valence-electron chi connectivity index (χ4n) is 3.86. The molecule has 0 fully saturated rings. The van der Waals surface area contributed by atoms with Gasteiger partial charge in [-0.05, 0) is 84.5 Å². The lowest BCUT2D eigenvalue weighted by Crippen LogP contribution is -2.12. The molecule has 160 valence electrons. The van der Waals surface area contributed by atoms with Gasteiger partial charge in [0.25, 0.3) is 0 Å². The monoisotopic (exact) mass is 428 g/mol. The maximum absolute atomic E-state index is 11.0. The number of phenolic OH excluding ortho intramolecular Hbond substituents is 1. The Hall–Kier alpha value is -2.33. The Bertz CT molecular complexity index is 995. The van der Waals surface area contributed by atoms with Gasteiger partial charge in [0.1, 0.15) is 11.5 Å². The topological polar surface area (TPSA) is 87.0 Å². The van der Waals surface area contributed by atoms with Crippen molar-refractivity contribution in [3.8, 4) is 11.5 Å². The average Bonchev–Trinajstić information content (AvgIpc) is 2.66. The first-order chi connectivity index (χ1) is 14.1. The molecule has 0 saturated carbocycles. The highest BCUT2D eigenvalue weighted by Crippen LogP contribution is 2.35. The molecule has 2 atom stereocenters. The molecule has 0 radical (unpaired) electrons. The number of aryl methyl sites for hydroxylation is 2. The van der Waals surface area contributed by atoms with Crippen LogP contribution in [0.3, 0.4) is 0 Å². The van der Waals surface area contributed by atoms with Gasteiger partial charge in [-0.25, -0.2) is 0 Å². The van der Waals surface area contributed by atoms with Crippen LogP contribution in [0.1, 0.15) is 34.7 Å². The normalized spacial score (nSPS) is 18.6. The van der Waals surface area contributed by atoms with Crippen LogP contribution in [-0.2, 0) is 17.4 Å². The zero-order valence-electron chi connectivity index (χ0n) is 17.6. The third kappa shape index (κ3) is 5.85. The van der Waals surface area contributed by atoms with E-state index < -0.39 is 13.9 Å². The molecule has 0 amide bonds. The zero-order valence-corrected chi connectivity index (χ0v) is 18.5. The Balaban J connectivity index is 1.78. The number of ether oxygens (including phenoxy) is 1. The first-order valence-electron chi connectivity index (χ1n) is 10.1. The number of allylic oxidation sites excluding steroid dienone is 4. The van der Waals surface area contributed by atoms with E-state index in [0.29, 0.717) is 29.8 Å². The first-order valence-corrected chi connectivity index (χ1v) is 11.9. The van der Waals surface area contributed by atoms with Gasteiger partial charge in [0.15, 0.2) is 6.35 Å². The summed E-state index contributed by atoms with van der Waals surface area (Å²) >= 11 is 0. The Morgan fingerprint density at radius 3 is 2.33 bits per heavy atom. The second-order valence-electron chi connectivity index (χ2n) is 8.11. The fourth-order valence-corrected chi connectivity index (χ4v) is 4.18. The lowest BCUT2D eigenvalue weighted by atomic mass is 9.84. The van der Waals surface area contributed by atoms with Crippen LogP contribution in [0, 0.1) is 25.7 Å². The fraction of sp³-hybridized carbons (Fsp3) is 0.333. The van der Waals surface area contributed by atoms with Crippen molar-refractivity contribution in [2.24, 2.45) is 11.8 Å². The van der Waals surface area contributed by atoms with Gasteiger partial charge in [-0.2, -0.15) is 0 Å². The zero-order chi connectivity index (χ0) is 21.9. The summed E-state index contributed by atoms with van der Waals surface area (Å²) in [5.41, 5.74) is 5.20. The van der Waals surface area contributed by atoms with Crippen LogP contribution in [-0.4, -0.2) is 21.2 Å². The molecule has 0 bridgehead atoms. The number of aromatic hydroxyl groups is 1. The molecule has 1 aliphatic rings. The Labute approximate surface area is 177 Å². The Kier molecular flexibility index (Phi) is 6.87. The molecule has 0 saturated heterocycles. The molecule has 0 spiro atoms. The van der Waals surface area contributed by atoms with Crippen molar-refractivity contribution in [3.63, 3.8) is 0 Å². The minimum atomic E-state index is -4.21. The lowest BCUT2D eigenvalue weighted by Gasteiger charge is -2.21. The summed E-state index contributed by atoms with van der Waals surface area (Å²) in [6.45, 7) is 6.12. The minimum Gasteiger partial charge on any atom is -0.508 e. The molecule has 3 N–H and O–H groups in total. The van der Waals surface area contributed by atoms with E-state index in [1.54, 1.807) is 18.2 Å². The third-order valence-electron chi connectivity index (χ3n) is 5.61. The Morgan fingerprint density at radius 1 is 1.03 bits per heavy atom. The molecule has 3 rings (SSSR count). The predicted molar refractivity (Wildman–Crippen MR) is 119 cm³/mol. The van der Waals surface area contributed by atoms with Crippen LogP contribution in [0.25, 0.3) is 0 Å². The van der Waals surface area contributed by atoms with Crippen LogP contribution < -0.4 is 4.74 Å². The standard InChI is InChI=1S/C24H29O5P/c1-16-6-4-5-7-20(16)14-21-12-19(8-9-24(21)25)13-23-17(2)10-22(11-18(23)3)29-15-30(26,27)28/h4-12,16,20,25H,13-15H2,1-3H3,(H2,26,27,28). The summed E-state index contributed by atoms with van der Waals surface area (Å²) in [6, 6.07) is 9.39. The van der Waals surface area contributed by atoms with E-state index in [1.165, 1.54) is 0 Å². The molecule has 2 aromatic carbocycles. The molecule has 30 heavy (non-hydrogen) atoms. The number of rotatable bonds is 7. The van der Waals surface area contributed by atoms with E-state index in [1.807, 2.05) is 19.9 Å². The molecule has 5 nitrogen and oxygen atoms in total. The highest BCUT2D eigenvalue weighted by atomic mass is 31.2. The van der Waals surface area contributed by atoms with E-state index in [4.69, 9.17) is 14.5 Å². The summed E-state index contributed by atoms with van der Waals surface area (Å²) in [4.78, 5) is 18.0. The van der Waals surface area contributed by atoms with Crippen molar-refractivity contribution in [1.29, 1.82) is 0 Å². The maximum Gasteiger partial charge on any atom is 0.362 e. The summed E-state index contributed by atoms with van der Waals surface area (Å²) in [5.74, 6) is 1.58. The van der Waals surface area contributed by atoms with E-state index in [9.17, 15) is 9.67 Å². The van der Waals surface area contributed by atoms with Gasteiger partial charge in [-0.15, -0.1) is 0 Å². The molecule has 0 aromatic heterocycles. The van der Waals surface area contributed by atoms with Crippen LogP contribution in [0.5, 0.6) is 11.5 Å². The van der Waals surface area contributed by atoms with Crippen molar-refractivity contribution >= 4 is 7.60 Å². The molecular formula is C24H29O5P. The molecule has 0 heterocycles. The second kappa shape index (κ2) is 9.22. The molecule has 2 unspecified atom stereocenters. The van der Waals surface area contributed by atoms with Gasteiger partial charge in [-0.1, -0.05) is 43.4 Å². The highest BCUT2D eigenvalue weighted by Gasteiger charge is 2.18. The summed E-state index contributed by atoms with van der Waals surface area (Å²) in [6.07, 6.45) is 9.38. The maximum atomic E-state index is 11.0. The quantitative estimate of drug-likeness (QED) is 0.538. The number of hydrogen-bond acceptors (Lipinski definition) is 3. The van der Waals surface area contributed by atoms with Crippen molar-refractivity contribution < 1.29 is 24.2 Å². The third-order valence-corrected chi connectivity index (χ3v) is 6.07. The van der Waals surface area contributed by atoms with E-state index in [2.05, 4.69) is 37.3 Å². The predicted octanol–water partition coefficient (Wildman–Crippen LogP) is 5.03. The molecule has 6 heteroatoms. The highest BCUT2D eigenvalue weighted by molar-refractivity contribution is 7.51. The number of benzene rings is 2. The summed E-state index contributed by atoms with van der Waals surface area (Å²) < 4.78 is 16.3. The number of hydrogen-bond donors (Lipinski definition) is 3. The SMILES string of the molecule is Cc1cc(OCP(=O)(O)O)cc(C)c1Cc1ccc(O)c(CC2C=CC=CC2C)c1. The molecule has 1 aliphatic carbocycles. The summed E-state index contributed by atoms with van der Waals surface area (Å²) in [5, 5.41) is 10.4. The van der Waals surface area contributed by atoms with E-state index in [-0.39, 0.29) is 0 Å². The van der Waals surface area contributed by atoms with Crippen molar-refractivity contribution in [2.45, 2.75) is 33.6 Å². The van der Waals surface area contributed by atoms with Crippen LogP contribution >= 0.6 is 7.60 Å². The lowest BCUT2D eigenvalue weighted by molar-refractivity contribution is 0.300. The van der Waals surface area contributed by atoms with Crippen molar-refractivity contribution in [2.75, 3.05) is 6.35 Å². The Morgan fingerprint density at radius 2 is 1.70 bits per heavy atom. The molecule has 2 aromatic rings. The van der Waals surface area contributed by atoms with E-state index in [0.717, 1.165) is 34.2 Å². The van der Waals surface area contributed by atoms with Gasteiger partial charge in [0.2, 0.25) is 0 Å². The number of phenols is 1. The van der Waals surface area contributed by atoms with Gasteiger partial charge in [0.05, 0.1) is 0 Å². The van der Waals surface area contributed by atoms with E-state index >= 15 is 0 Å². The average molecular weight is 428 g/mol. The van der Waals surface area contributed by atoms with Gasteiger partial charge in [-0.3, -0.25) is 4.57 Å². The second-order valence-corrected chi connectivity index (χ2v) is 9.70.